The number of hydrogen-bond donors (Lipinski definition) is 1. The summed E-state index contributed by atoms with van der Waals surface area (Å²) in [4.78, 5) is 6.81. The average Bonchev–Trinajstić information content (AvgIpc) is 2.89. The highest BCUT2D eigenvalue weighted by Gasteiger charge is 2.37. The molecule has 2 fully saturated rings. The molecular weight excluding hydrogens is 260 g/mol. The first-order valence-electron chi connectivity index (χ1n) is 7.24. The highest BCUT2D eigenvalue weighted by Crippen LogP contribution is 2.46. The second-order valence-corrected chi connectivity index (χ2v) is 6.36. The smallest absolute Gasteiger partial charge is 0.129 e. The van der Waals surface area contributed by atoms with Crippen LogP contribution in [-0.4, -0.2) is 23.2 Å². The maximum Gasteiger partial charge on any atom is 0.129 e. The molecule has 19 heavy (non-hydrogen) atoms. The van der Waals surface area contributed by atoms with Gasteiger partial charge in [0.1, 0.15) is 5.82 Å². The number of piperidine rings is 1. The van der Waals surface area contributed by atoms with Crippen molar-refractivity contribution < 1.29 is 5.11 Å². The Balaban J connectivity index is 1.71. The van der Waals surface area contributed by atoms with E-state index in [1.54, 1.807) is 0 Å². The molecule has 1 N–H and O–H groups in total. The fourth-order valence-electron chi connectivity index (χ4n) is 3.59. The summed E-state index contributed by atoms with van der Waals surface area (Å²) in [6, 6.07) is 3.81. The molecule has 104 valence electrons. The lowest BCUT2D eigenvalue weighted by atomic mass is 9.77. The number of pyridine rings is 1. The van der Waals surface area contributed by atoms with Gasteiger partial charge in [-0.25, -0.2) is 4.98 Å². The Bertz CT molecular complexity index is 447. The van der Waals surface area contributed by atoms with Gasteiger partial charge in [0, 0.05) is 13.1 Å². The van der Waals surface area contributed by atoms with Gasteiger partial charge < -0.3 is 10.0 Å². The number of rotatable bonds is 2. The van der Waals surface area contributed by atoms with Crippen molar-refractivity contribution in [1.82, 2.24) is 4.98 Å². The number of aliphatic hydroxyl groups excluding tert-OH is 1. The molecule has 1 saturated heterocycles. The quantitative estimate of drug-likeness (QED) is 0.902. The van der Waals surface area contributed by atoms with Crippen LogP contribution >= 0.6 is 11.6 Å². The third-order valence-electron chi connectivity index (χ3n) is 4.87. The summed E-state index contributed by atoms with van der Waals surface area (Å²) < 4.78 is 0. The van der Waals surface area contributed by atoms with Gasteiger partial charge >= 0.3 is 0 Å². The molecule has 0 aromatic carbocycles. The van der Waals surface area contributed by atoms with Crippen molar-refractivity contribution in [3.8, 4) is 0 Å². The Morgan fingerprint density at radius 3 is 2.47 bits per heavy atom. The van der Waals surface area contributed by atoms with Crippen molar-refractivity contribution >= 4 is 17.4 Å². The van der Waals surface area contributed by atoms with Crippen LogP contribution in [0.5, 0.6) is 0 Å². The molecule has 0 unspecified atom stereocenters. The van der Waals surface area contributed by atoms with Crippen molar-refractivity contribution in [2.45, 2.75) is 45.1 Å². The van der Waals surface area contributed by atoms with E-state index in [9.17, 15) is 5.11 Å². The summed E-state index contributed by atoms with van der Waals surface area (Å²) in [5.41, 5.74) is 1.21. The van der Waals surface area contributed by atoms with Crippen LogP contribution in [0.15, 0.2) is 12.1 Å². The minimum Gasteiger partial charge on any atom is -0.390 e. The van der Waals surface area contributed by atoms with Crippen molar-refractivity contribution in [3.63, 3.8) is 0 Å². The molecule has 1 spiro atoms. The van der Waals surface area contributed by atoms with Gasteiger partial charge in [-0.15, -0.1) is 0 Å². The molecule has 4 heteroatoms. The highest BCUT2D eigenvalue weighted by molar-refractivity contribution is 6.31. The van der Waals surface area contributed by atoms with E-state index in [4.69, 9.17) is 11.6 Å². The molecule has 1 aliphatic heterocycles. The van der Waals surface area contributed by atoms with Crippen LogP contribution in [0.3, 0.4) is 0 Å². The molecule has 3 rings (SSSR count). The van der Waals surface area contributed by atoms with Crippen LogP contribution in [-0.2, 0) is 6.61 Å². The van der Waals surface area contributed by atoms with Gasteiger partial charge in [-0.2, -0.15) is 0 Å². The van der Waals surface area contributed by atoms with Gasteiger partial charge in [-0.3, -0.25) is 0 Å². The minimum absolute atomic E-state index is 0.0928. The van der Waals surface area contributed by atoms with Crippen LogP contribution in [0.4, 0.5) is 5.82 Å². The molecule has 0 radical (unpaired) electrons. The Labute approximate surface area is 119 Å². The van der Waals surface area contributed by atoms with Gasteiger partial charge in [0.2, 0.25) is 0 Å². The molecule has 2 heterocycles. The second kappa shape index (κ2) is 5.29. The zero-order valence-corrected chi connectivity index (χ0v) is 12.0. The summed E-state index contributed by atoms with van der Waals surface area (Å²) in [6.45, 7) is 2.07. The first kappa shape index (κ1) is 13.2. The summed E-state index contributed by atoms with van der Waals surface area (Å²) in [6.07, 6.45) is 8.22. The molecule has 3 nitrogen and oxygen atoms in total. The van der Waals surface area contributed by atoms with Crippen LogP contribution in [0.1, 0.15) is 44.2 Å². The summed E-state index contributed by atoms with van der Waals surface area (Å²) >= 11 is 5.99. The Hall–Kier alpha value is -0.800. The largest absolute Gasteiger partial charge is 0.390 e. The topological polar surface area (TPSA) is 36.4 Å². The maximum absolute atomic E-state index is 9.24. The van der Waals surface area contributed by atoms with E-state index >= 15 is 0 Å². The molecule has 1 aromatic heterocycles. The molecule has 2 aliphatic rings. The second-order valence-electron chi connectivity index (χ2n) is 5.95. The Morgan fingerprint density at radius 1 is 1.16 bits per heavy atom. The van der Waals surface area contributed by atoms with E-state index < -0.39 is 0 Å². The fourth-order valence-corrected chi connectivity index (χ4v) is 3.76. The lowest BCUT2D eigenvalue weighted by Crippen LogP contribution is -2.39. The molecule has 1 saturated carbocycles. The third kappa shape index (κ3) is 2.59. The van der Waals surface area contributed by atoms with E-state index in [-0.39, 0.29) is 6.61 Å². The highest BCUT2D eigenvalue weighted by atomic mass is 35.5. The Morgan fingerprint density at radius 2 is 1.84 bits per heavy atom. The SMILES string of the molecule is OCc1nc(N2CCC3(CCCC3)CC2)ccc1Cl. The monoisotopic (exact) mass is 280 g/mol. The minimum atomic E-state index is -0.0928. The van der Waals surface area contributed by atoms with Crippen LogP contribution < -0.4 is 4.90 Å². The molecule has 1 aliphatic carbocycles. The van der Waals surface area contributed by atoms with Crippen molar-refractivity contribution in [2.75, 3.05) is 18.0 Å². The van der Waals surface area contributed by atoms with Gasteiger partial charge in [0.05, 0.1) is 17.3 Å². The van der Waals surface area contributed by atoms with Gasteiger partial charge in [0.25, 0.3) is 0 Å². The zero-order valence-electron chi connectivity index (χ0n) is 11.2. The third-order valence-corrected chi connectivity index (χ3v) is 5.21. The summed E-state index contributed by atoms with van der Waals surface area (Å²) in [5.74, 6) is 0.960. The molecule has 0 atom stereocenters. The summed E-state index contributed by atoms with van der Waals surface area (Å²) in [7, 11) is 0. The van der Waals surface area contributed by atoms with Crippen LogP contribution in [0.2, 0.25) is 5.02 Å². The number of aromatic nitrogens is 1. The van der Waals surface area contributed by atoms with E-state index in [1.807, 2.05) is 12.1 Å². The number of anilines is 1. The van der Waals surface area contributed by atoms with E-state index in [2.05, 4.69) is 9.88 Å². The van der Waals surface area contributed by atoms with Crippen molar-refractivity contribution in [1.29, 1.82) is 0 Å². The molecule has 0 amide bonds. The van der Waals surface area contributed by atoms with Crippen LogP contribution in [0, 0.1) is 5.41 Å². The first-order chi connectivity index (χ1) is 9.22. The van der Waals surface area contributed by atoms with E-state index in [0.29, 0.717) is 16.1 Å². The number of aliphatic hydroxyl groups is 1. The maximum atomic E-state index is 9.24. The van der Waals surface area contributed by atoms with Gasteiger partial charge in [-0.1, -0.05) is 24.4 Å². The predicted molar refractivity (Wildman–Crippen MR) is 77.5 cm³/mol. The van der Waals surface area contributed by atoms with E-state index in [0.717, 1.165) is 18.9 Å². The summed E-state index contributed by atoms with van der Waals surface area (Å²) in [5, 5.41) is 9.79. The number of hydrogen-bond acceptors (Lipinski definition) is 3. The van der Waals surface area contributed by atoms with Crippen molar-refractivity contribution in [2.24, 2.45) is 5.41 Å². The standard InChI is InChI=1S/C15H21ClN2O/c16-12-3-4-14(17-13(12)11-19)18-9-7-15(8-10-18)5-1-2-6-15/h3-4,19H,1-2,5-11H2. The molecular formula is C15H21ClN2O. The van der Waals surface area contributed by atoms with Gasteiger partial charge in [-0.05, 0) is 43.2 Å². The van der Waals surface area contributed by atoms with Crippen molar-refractivity contribution in [3.05, 3.63) is 22.8 Å². The lowest BCUT2D eigenvalue weighted by molar-refractivity contribution is 0.226. The predicted octanol–water partition coefficient (Wildman–Crippen LogP) is 3.39. The normalized spacial score (nSPS) is 22.1. The lowest BCUT2D eigenvalue weighted by Gasteiger charge is -2.40. The molecule has 1 aromatic rings. The van der Waals surface area contributed by atoms with Gasteiger partial charge in [0.15, 0.2) is 0 Å². The average molecular weight is 281 g/mol. The first-order valence-corrected chi connectivity index (χ1v) is 7.61. The van der Waals surface area contributed by atoms with E-state index in [1.165, 1.54) is 38.5 Å². The number of halogens is 1. The van der Waals surface area contributed by atoms with Crippen LogP contribution in [0.25, 0.3) is 0 Å². The molecule has 0 bridgehead atoms. The Kier molecular flexibility index (Phi) is 3.68. The zero-order chi connectivity index (χ0) is 13.3. The fraction of sp³-hybridized carbons (Fsp3) is 0.667. The number of nitrogens with zero attached hydrogens (tertiary/aromatic N) is 2.